The second-order valence-corrected chi connectivity index (χ2v) is 7.88. The minimum atomic E-state index is -3.92. The van der Waals surface area contributed by atoms with Crippen molar-refractivity contribution in [3.63, 3.8) is 0 Å². The van der Waals surface area contributed by atoms with Crippen LogP contribution in [0.4, 0.5) is 0 Å². The molecule has 0 saturated heterocycles. The van der Waals surface area contributed by atoms with E-state index in [1.165, 1.54) is 16.8 Å². The number of sulfonamides is 1. The first-order chi connectivity index (χ1) is 9.10. The molecule has 0 radical (unpaired) electrons. The number of nitrogens with zero attached hydrogens (tertiary/aromatic N) is 1. The molecule has 1 atom stereocenters. The van der Waals surface area contributed by atoms with Crippen LogP contribution in [0, 0.1) is 0 Å². The first-order valence-corrected chi connectivity index (χ1v) is 8.30. The van der Waals surface area contributed by atoms with Crippen molar-refractivity contribution in [3.05, 3.63) is 40.7 Å². The summed E-state index contributed by atoms with van der Waals surface area (Å²) in [5.74, 6) is 0. The van der Waals surface area contributed by atoms with Gasteiger partial charge >= 0.3 is 0 Å². The fraction of sp³-hybridized carbons (Fsp3) is 0.250. The quantitative estimate of drug-likeness (QED) is 0.655. The van der Waals surface area contributed by atoms with Crippen molar-refractivity contribution in [1.82, 2.24) is 0 Å². The first kappa shape index (κ1) is 15.8. The Morgan fingerprint density at radius 2 is 2.05 bits per heavy atom. The molecule has 1 heterocycles. The monoisotopic (exact) mass is 353 g/mol. The van der Waals surface area contributed by atoms with Gasteiger partial charge in [-0.05, 0) is 13.3 Å². The van der Waals surface area contributed by atoms with Crippen molar-refractivity contribution in [2.24, 2.45) is 5.14 Å². The average molecular weight is 355 g/mol. The van der Waals surface area contributed by atoms with E-state index < -0.39 is 14.9 Å². The van der Waals surface area contributed by atoms with Gasteiger partial charge in [0.25, 0.3) is 0 Å². The van der Waals surface area contributed by atoms with Gasteiger partial charge < -0.3 is 0 Å². The Bertz CT molecular complexity index is 724. The summed E-state index contributed by atoms with van der Waals surface area (Å²) in [7, 11) is -3.92. The van der Waals surface area contributed by atoms with Crippen molar-refractivity contribution in [2.75, 3.05) is 0 Å². The maximum Gasteiger partial charge on any atom is 0.245 e. The van der Waals surface area contributed by atoms with Gasteiger partial charge in [0, 0.05) is 12.1 Å². The Kier molecular flexibility index (Phi) is 4.19. The molecule has 4 nitrogen and oxygen atoms in total. The molecule has 2 N–H and O–H groups in total. The molecule has 108 valence electrons. The lowest BCUT2D eigenvalue weighted by Gasteiger charge is -2.19. The molecule has 1 unspecified atom stereocenters. The summed E-state index contributed by atoms with van der Waals surface area (Å²) in [4.78, 5) is -0.754. The van der Waals surface area contributed by atoms with E-state index in [0.717, 1.165) is 0 Å². The van der Waals surface area contributed by atoms with Crippen molar-refractivity contribution < 1.29 is 13.0 Å². The number of primary sulfonamides is 1. The lowest BCUT2D eigenvalue weighted by molar-refractivity contribution is -0.581. The molecule has 0 spiro atoms. The zero-order chi connectivity index (χ0) is 15.1. The van der Waals surface area contributed by atoms with Crippen LogP contribution in [0.2, 0.25) is 5.02 Å². The fourth-order valence-electron chi connectivity index (χ4n) is 1.82. The summed E-state index contributed by atoms with van der Waals surface area (Å²) in [5, 5.41) is 5.66. The normalized spacial score (nSPS) is 23.2. The van der Waals surface area contributed by atoms with E-state index in [-0.39, 0.29) is 9.92 Å². The van der Waals surface area contributed by atoms with E-state index in [1.807, 2.05) is 6.92 Å². The third-order valence-corrected chi connectivity index (χ3v) is 4.81. The predicted octanol–water partition coefficient (Wildman–Crippen LogP) is 2.64. The molecule has 0 aromatic carbocycles. The number of alkyl halides is 1. The van der Waals surface area contributed by atoms with Crippen molar-refractivity contribution >= 4 is 50.5 Å². The third kappa shape index (κ3) is 3.35. The largest absolute Gasteiger partial charge is 0.245 e. The Morgan fingerprint density at radius 1 is 1.40 bits per heavy atom. The summed E-state index contributed by atoms with van der Waals surface area (Å²) in [5.41, 5.74) is 0.581. The molecule has 2 rings (SSSR count). The van der Waals surface area contributed by atoms with Gasteiger partial charge in [-0.25, -0.2) is 13.6 Å². The molecule has 0 bridgehead atoms. The van der Waals surface area contributed by atoms with Crippen molar-refractivity contribution in [2.45, 2.75) is 23.1 Å². The first-order valence-electron chi connectivity index (χ1n) is 5.62. The maximum atomic E-state index is 11.5. The third-order valence-electron chi connectivity index (χ3n) is 2.82. The predicted molar refractivity (Wildman–Crippen MR) is 80.1 cm³/mol. The van der Waals surface area contributed by atoms with Gasteiger partial charge in [0.2, 0.25) is 15.7 Å². The summed E-state index contributed by atoms with van der Waals surface area (Å²) < 4.78 is 24.5. The van der Waals surface area contributed by atoms with Crippen LogP contribution in [0.3, 0.4) is 0 Å². The average Bonchev–Trinajstić information content (AvgIpc) is 2.32. The van der Waals surface area contributed by atoms with Crippen molar-refractivity contribution in [3.8, 4) is 0 Å². The van der Waals surface area contributed by atoms with Crippen molar-refractivity contribution in [1.29, 1.82) is 0 Å². The highest BCUT2D eigenvalue weighted by Crippen LogP contribution is 2.33. The lowest BCUT2D eigenvalue weighted by atomic mass is 10.00. The van der Waals surface area contributed by atoms with Crippen LogP contribution in [-0.2, 0) is 10.0 Å². The molecular formula is C12H12Cl3N2O2S+. The van der Waals surface area contributed by atoms with E-state index in [9.17, 15) is 8.42 Å². The van der Waals surface area contributed by atoms with Gasteiger partial charge in [-0.15, -0.1) is 11.6 Å². The van der Waals surface area contributed by atoms with Crippen LogP contribution in [-0.4, -0.2) is 13.3 Å². The van der Waals surface area contributed by atoms with E-state index in [4.69, 9.17) is 39.9 Å². The van der Waals surface area contributed by atoms with Gasteiger partial charge in [-0.2, -0.15) is 4.57 Å². The molecule has 8 heteroatoms. The molecular weight excluding hydrogens is 343 g/mol. The van der Waals surface area contributed by atoms with Gasteiger partial charge in [0.1, 0.15) is 5.03 Å². The van der Waals surface area contributed by atoms with Crippen LogP contribution in [0.15, 0.2) is 40.5 Å². The topological polar surface area (TPSA) is 64.0 Å². The highest BCUT2D eigenvalue weighted by atomic mass is 35.5. The van der Waals surface area contributed by atoms with E-state index >= 15 is 0 Å². The van der Waals surface area contributed by atoms with E-state index in [1.54, 1.807) is 18.3 Å². The summed E-state index contributed by atoms with van der Waals surface area (Å²) in [6.45, 7) is 1.84. The molecule has 0 aliphatic heterocycles. The van der Waals surface area contributed by atoms with Gasteiger partial charge in [0.15, 0.2) is 17.3 Å². The van der Waals surface area contributed by atoms with Gasteiger partial charge in [-0.3, -0.25) is 0 Å². The fourth-order valence-corrected chi connectivity index (χ4v) is 3.26. The molecule has 0 saturated carbocycles. The molecule has 1 aromatic rings. The van der Waals surface area contributed by atoms with Crippen LogP contribution >= 0.6 is 34.8 Å². The Hall–Kier alpha value is -0.590. The number of rotatable bonds is 2. The smallest absolute Gasteiger partial charge is 0.224 e. The Balaban J connectivity index is 2.60. The van der Waals surface area contributed by atoms with Crippen LogP contribution < -0.4 is 9.71 Å². The summed E-state index contributed by atoms with van der Waals surface area (Å²) in [6.07, 6.45) is 7.04. The van der Waals surface area contributed by atoms with E-state index in [2.05, 4.69) is 0 Å². The highest BCUT2D eigenvalue weighted by Gasteiger charge is 2.29. The number of nitrogens with two attached hydrogens (primary N) is 1. The Labute approximate surface area is 132 Å². The number of halogens is 3. The van der Waals surface area contributed by atoms with Gasteiger partial charge in [-0.1, -0.05) is 29.3 Å². The number of pyridine rings is 1. The zero-order valence-corrected chi connectivity index (χ0v) is 13.6. The lowest BCUT2D eigenvalue weighted by Crippen LogP contribution is -2.36. The molecule has 0 amide bonds. The second-order valence-electron chi connectivity index (χ2n) is 4.67. The number of hydrogen-bond acceptors (Lipinski definition) is 2. The van der Waals surface area contributed by atoms with E-state index in [0.29, 0.717) is 17.2 Å². The molecule has 0 fully saturated rings. The molecule has 1 aliphatic carbocycles. The minimum Gasteiger partial charge on any atom is -0.224 e. The number of aromatic nitrogens is 1. The summed E-state index contributed by atoms with van der Waals surface area (Å²) in [6, 6.07) is 1.44. The van der Waals surface area contributed by atoms with Crippen LogP contribution in [0.1, 0.15) is 13.3 Å². The van der Waals surface area contributed by atoms with Crippen LogP contribution in [0.25, 0.3) is 5.70 Å². The number of allylic oxidation sites excluding steroid dienone is 4. The molecule has 20 heavy (non-hydrogen) atoms. The minimum absolute atomic E-state index is 0.0499. The second kappa shape index (κ2) is 5.31. The number of hydrogen-bond donors (Lipinski definition) is 1. The standard InChI is InChI=1S/C12H12Cl3N2O2S/c1-12(15)4-2-8(13)10(6-12)17-5-3-9(14)11(7-17)20(16,18)19/h2-3,5-7H,4H2,1H3,(H2,16,18,19)/q+1. The molecule has 1 aromatic heterocycles. The summed E-state index contributed by atoms with van der Waals surface area (Å²) >= 11 is 18.3. The highest BCUT2D eigenvalue weighted by molar-refractivity contribution is 7.89. The zero-order valence-electron chi connectivity index (χ0n) is 10.5. The maximum absolute atomic E-state index is 11.5. The Morgan fingerprint density at radius 3 is 2.65 bits per heavy atom. The van der Waals surface area contributed by atoms with Crippen LogP contribution in [0.5, 0.6) is 0 Å². The molecule has 1 aliphatic rings. The van der Waals surface area contributed by atoms with Gasteiger partial charge in [0.05, 0.1) is 9.90 Å². The SMILES string of the molecule is CC1(Cl)C=C([n+]2ccc(Cl)c(S(N)(=O)=O)c2)C(Cl)=CC1.